The highest BCUT2D eigenvalue weighted by Crippen LogP contribution is 2.34. The molecule has 18 heteroatoms. The third-order valence-electron chi connectivity index (χ3n) is 9.50. The monoisotopic (exact) mass is 635 g/mol. The second kappa shape index (κ2) is 13.9. The van der Waals surface area contributed by atoms with Crippen molar-refractivity contribution in [1.29, 1.82) is 0 Å². The molecule has 1 amide bonds. The fourth-order valence-corrected chi connectivity index (χ4v) is 6.65. The van der Waals surface area contributed by atoms with Gasteiger partial charge in [0.1, 0.15) is 42.2 Å². The van der Waals surface area contributed by atoms with Crippen molar-refractivity contribution in [3.8, 4) is 0 Å². The summed E-state index contributed by atoms with van der Waals surface area (Å²) < 4.78 is 23.9. The van der Waals surface area contributed by atoms with Crippen molar-refractivity contribution < 1.29 is 54.4 Å². The minimum atomic E-state index is -1.70. The van der Waals surface area contributed by atoms with Crippen molar-refractivity contribution in [3.63, 3.8) is 0 Å². The molecule has 2 saturated carbocycles. The molecule has 44 heavy (non-hydrogen) atoms. The largest absolute Gasteiger partial charge is 0.394 e. The van der Waals surface area contributed by atoms with Crippen LogP contribution in [0, 0.1) is 0 Å². The number of amides is 1. The third kappa shape index (κ3) is 6.91. The van der Waals surface area contributed by atoms with Crippen molar-refractivity contribution in [3.05, 3.63) is 0 Å². The smallest absolute Gasteiger partial charge is 0.252 e. The number of carbonyl (C=O) groups is 1. The summed E-state index contributed by atoms with van der Waals surface area (Å²) in [6, 6.07) is -3.83. The van der Waals surface area contributed by atoms with Crippen molar-refractivity contribution in [2.45, 2.75) is 129 Å². The first kappa shape index (κ1) is 34.2. The fourth-order valence-electron chi connectivity index (χ4n) is 6.65. The zero-order valence-corrected chi connectivity index (χ0v) is 24.4. The van der Waals surface area contributed by atoms with Crippen LogP contribution in [0.15, 0.2) is 0 Å². The van der Waals surface area contributed by atoms with Gasteiger partial charge in [-0.1, -0.05) is 0 Å². The van der Waals surface area contributed by atoms with E-state index in [-0.39, 0.29) is 44.3 Å². The number of rotatable bonds is 10. The lowest BCUT2D eigenvalue weighted by Crippen LogP contribution is -2.71. The van der Waals surface area contributed by atoms with E-state index < -0.39 is 104 Å². The van der Waals surface area contributed by atoms with Crippen molar-refractivity contribution in [2.24, 2.45) is 22.9 Å². The summed E-state index contributed by atoms with van der Waals surface area (Å²) in [5.74, 6) is -0.726. The summed E-state index contributed by atoms with van der Waals surface area (Å²) in [5.41, 5.74) is 22.4. The topological polar surface area (TPSA) is 316 Å². The molecule has 0 radical (unpaired) electrons. The highest BCUT2D eigenvalue weighted by Gasteiger charge is 2.54. The SMILES string of the molecule is NC[C@H]1O[C@H](O[C@H]2[C@H](O)[C@@H](O[C@H]3O[C@H](CO)[C@@H](O)[C@H](N)[C@H]3O)[C@H](NC(=O)C3(O)CC(N)C3)C[C@@H]2N)[C@H](NC2CNC2)C[C@@H]1O. The van der Waals surface area contributed by atoms with Gasteiger partial charge in [-0.25, -0.2) is 0 Å². The predicted octanol–water partition coefficient (Wildman–Crippen LogP) is -7.68. The Morgan fingerprint density at radius 1 is 0.909 bits per heavy atom. The Hall–Kier alpha value is -1.17. The molecule has 0 spiro atoms. The van der Waals surface area contributed by atoms with Crippen LogP contribution in [-0.2, 0) is 23.7 Å². The Kier molecular flexibility index (Phi) is 10.8. The number of aliphatic hydroxyl groups excluding tert-OH is 5. The van der Waals surface area contributed by atoms with Gasteiger partial charge in [-0.05, 0) is 12.8 Å². The van der Waals surface area contributed by atoms with E-state index in [4.69, 9.17) is 41.9 Å². The maximum Gasteiger partial charge on any atom is 0.252 e. The molecule has 0 bridgehead atoms. The average Bonchev–Trinajstić information content (AvgIpc) is 2.94. The van der Waals surface area contributed by atoms with Crippen molar-refractivity contribution in [2.75, 3.05) is 26.2 Å². The maximum absolute atomic E-state index is 13.1. The number of nitrogens with two attached hydrogens (primary N) is 4. The molecular formula is C26H49N7O11. The molecular weight excluding hydrogens is 586 g/mol. The van der Waals surface area contributed by atoms with Crippen LogP contribution in [0.2, 0.25) is 0 Å². The molecule has 5 rings (SSSR count). The first-order valence-electron chi connectivity index (χ1n) is 15.3. The van der Waals surface area contributed by atoms with Gasteiger partial charge in [0.05, 0.1) is 36.9 Å². The van der Waals surface area contributed by atoms with Gasteiger partial charge in [0.2, 0.25) is 0 Å². The molecule has 14 atom stereocenters. The zero-order chi connectivity index (χ0) is 31.9. The van der Waals surface area contributed by atoms with Crippen LogP contribution in [0.5, 0.6) is 0 Å². The lowest BCUT2D eigenvalue weighted by atomic mass is 9.75. The summed E-state index contributed by atoms with van der Waals surface area (Å²) in [5, 5.41) is 72.9. The number of aliphatic hydroxyl groups is 6. The molecule has 2 aliphatic carbocycles. The van der Waals surface area contributed by atoms with E-state index in [9.17, 15) is 35.4 Å². The highest BCUT2D eigenvalue weighted by atomic mass is 16.7. The Morgan fingerprint density at radius 2 is 1.57 bits per heavy atom. The molecule has 3 heterocycles. The van der Waals surface area contributed by atoms with Gasteiger partial charge in [0.25, 0.3) is 5.91 Å². The Bertz CT molecular complexity index is 977. The molecule has 0 unspecified atom stereocenters. The molecule has 254 valence electrons. The Morgan fingerprint density at radius 3 is 2.16 bits per heavy atom. The molecule has 3 aliphatic heterocycles. The molecule has 5 fully saturated rings. The quantitative estimate of drug-likeness (QED) is 0.106. The van der Waals surface area contributed by atoms with Crippen LogP contribution in [0.3, 0.4) is 0 Å². The van der Waals surface area contributed by atoms with Gasteiger partial charge >= 0.3 is 0 Å². The molecule has 0 aromatic heterocycles. The van der Waals surface area contributed by atoms with Gasteiger partial charge in [-0.2, -0.15) is 0 Å². The molecule has 0 aromatic carbocycles. The van der Waals surface area contributed by atoms with Crippen LogP contribution in [-0.4, -0.2) is 166 Å². The summed E-state index contributed by atoms with van der Waals surface area (Å²) >= 11 is 0. The van der Waals surface area contributed by atoms with Crippen LogP contribution in [0.1, 0.15) is 25.7 Å². The van der Waals surface area contributed by atoms with Gasteiger partial charge in [-0.15, -0.1) is 0 Å². The maximum atomic E-state index is 13.1. The summed E-state index contributed by atoms with van der Waals surface area (Å²) in [7, 11) is 0. The van der Waals surface area contributed by atoms with Gasteiger partial charge in [0, 0.05) is 50.6 Å². The van der Waals surface area contributed by atoms with Gasteiger partial charge in [-0.3, -0.25) is 4.79 Å². The summed E-state index contributed by atoms with van der Waals surface area (Å²) in [6.45, 7) is 0.834. The Labute approximate surface area is 254 Å². The van der Waals surface area contributed by atoms with Gasteiger partial charge in [0.15, 0.2) is 12.6 Å². The number of hydrogen-bond acceptors (Lipinski definition) is 17. The standard InChI is InChI=1S/C26H49N7O11/c27-5-15-14(35)2-13(32-10-6-31-7-10)23(41-15)43-21-11(29)1-12(33-25(39)26(40)3-9(28)4-26)22(20(21)38)44-24-19(37)17(30)18(36)16(8-34)42-24/h9-24,31-32,34-38,40H,1-8,27-30H2,(H,33,39)/t9?,11-,12+,13+,14-,15+,16+,17-,18+,19+,20-,21+,22-,23+,24+,26?/m0/s1. The van der Waals surface area contributed by atoms with Crippen LogP contribution < -0.4 is 38.9 Å². The number of carbonyl (C=O) groups excluding carboxylic acids is 1. The third-order valence-corrected chi connectivity index (χ3v) is 9.50. The van der Waals surface area contributed by atoms with Crippen molar-refractivity contribution >= 4 is 5.91 Å². The normalized spacial score (nSPS) is 50.0. The molecule has 5 aliphatic rings. The van der Waals surface area contributed by atoms with Gasteiger partial charge < -0.3 is 88.5 Å². The fraction of sp³-hybridized carbons (Fsp3) is 0.962. The lowest BCUT2D eigenvalue weighted by Gasteiger charge is -2.50. The zero-order valence-electron chi connectivity index (χ0n) is 24.4. The summed E-state index contributed by atoms with van der Waals surface area (Å²) in [6.07, 6.45) is -11.9. The molecule has 18 nitrogen and oxygen atoms in total. The predicted molar refractivity (Wildman–Crippen MR) is 150 cm³/mol. The summed E-state index contributed by atoms with van der Waals surface area (Å²) in [4.78, 5) is 13.1. The van der Waals surface area contributed by atoms with Crippen LogP contribution >= 0.6 is 0 Å². The van der Waals surface area contributed by atoms with Crippen LogP contribution in [0.25, 0.3) is 0 Å². The minimum Gasteiger partial charge on any atom is -0.394 e. The lowest BCUT2D eigenvalue weighted by molar-refractivity contribution is -0.316. The van der Waals surface area contributed by atoms with E-state index in [2.05, 4.69) is 16.0 Å². The van der Waals surface area contributed by atoms with Crippen LogP contribution in [0.4, 0.5) is 0 Å². The average molecular weight is 636 g/mol. The van der Waals surface area contributed by atoms with E-state index in [0.717, 1.165) is 13.1 Å². The molecule has 3 saturated heterocycles. The first-order valence-corrected chi connectivity index (χ1v) is 15.3. The Balaban J connectivity index is 1.36. The van der Waals surface area contributed by atoms with E-state index in [1.807, 2.05) is 0 Å². The van der Waals surface area contributed by atoms with E-state index in [0.29, 0.717) is 0 Å². The molecule has 0 aromatic rings. The second-order valence-electron chi connectivity index (χ2n) is 12.9. The van der Waals surface area contributed by atoms with Crippen molar-refractivity contribution in [1.82, 2.24) is 16.0 Å². The van der Waals surface area contributed by atoms with E-state index in [1.54, 1.807) is 0 Å². The number of ether oxygens (including phenoxy) is 4. The minimum absolute atomic E-state index is 0.00148. The highest BCUT2D eigenvalue weighted by molar-refractivity contribution is 5.86. The number of nitrogens with one attached hydrogen (secondary N) is 3. The van der Waals surface area contributed by atoms with E-state index >= 15 is 0 Å². The van der Waals surface area contributed by atoms with E-state index in [1.165, 1.54) is 0 Å². The second-order valence-corrected chi connectivity index (χ2v) is 12.9. The first-order chi connectivity index (χ1) is 20.8. The number of hydrogen-bond donors (Lipinski definition) is 13. The molecule has 17 N–H and O–H groups in total.